The van der Waals surface area contributed by atoms with E-state index in [-0.39, 0.29) is 11.8 Å². The molecule has 0 fully saturated rings. The van der Waals surface area contributed by atoms with Crippen LogP contribution in [0.2, 0.25) is 0 Å². The van der Waals surface area contributed by atoms with Crippen molar-refractivity contribution < 1.29 is 9.59 Å². The summed E-state index contributed by atoms with van der Waals surface area (Å²) >= 11 is 0. The van der Waals surface area contributed by atoms with E-state index in [0.717, 1.165) is 27.7 Å². The van der Waals surface area contributed by atoms with Crippen LogP contribution in [0.5, 0.6) is 0 Å². The quantitative estimate of drug-likeness (QED) is 0.429. The van der Waals surface area contributed by atoms with Crippen LogP contribution in [-0.4, -0.2) is 33.4 Å². The van der Waals surface area contributed by atoms with Crippen LogP contribution in [0.4, 0.5) is 5.69 Å². The SMILES string of the molecule is C#CCCC1(C=CC(=O)N(Cc2ccc3[nH]ccc3c2)C2Cc3ccccc3NC2=O)N=N1. The van der Waals surface area contributed by atoms with Gasteiger partial charge in [-0.1, -0.05) is 24.3 Å². The predicted molar refractivity (Wildman–Crippen MR) is 126 cm³/mol. The molecule has 164 valence electrons. The molecule has 3 heterocycles. The van der Waals surface area contributed by atoms with E-state index in [9.17, 15) is 9.59 Å². The van der Waals surface area contributed by atoms with Gasteiger partial charge in [0.25, 0.3) is 0 Å². The number of hydrogen-bond donors (Lipinski definition) is 2. The summed E-state index contributed by atoms with van der Waals surface area (Å²) in [5.74, 6) is 2.13. The number of H-pyrrole nitrogens is 1. The van der Waals surface area contributed by atoms with Crippen molar-refractivity contribution in [2.24, 2.45) is 10.2 Å². The summed E-state index contributed by atoms with van der Waals surface area (Å²) in [6, 6.07) is 15.0. The molecule has 7 nitrogen and oxygen atoms in total. The number of rotatable bonds is 7. The van der Waals surface area contributed by atoms with Gasteiger partial charge in [-0.25, -0.2) is 0 Å². The highest BCUT2D eigenvalue weighted by molar-refractivity contribution is 6.01. The van der Waals surface area contributed by atoms with Crippen LogP contribution in [0.1, 0.15) is 24.0 Å². The Morgan fingerprint density at radius 1 is 1.24 bits per heavy atom. The number of nitrogens with one attached hydrogen (secondary N) is 2. The second kappa shape index (κ2) is 8.40. The average molecular weight is 438 g/mol. The molecular formula is C26H23N5O2. The minimum Gasteiger partial charge on any atom is -0.361 e. The third-order valence-electron chi connectivity index (χ3n) is 6.11. The Bertz CT molecular complexity index is 1320. The topological polar surface area (TPSA) is 89.9 Å². The molecule has 2 aliphatic heterocycles. The molecule has 3 aromatic rings. The van der Waals surface area contributed by atoms with E-state index in [2.05, 4.69) is 26.4 Å². The number of amides is 2. The Morgan fingerprint density at radius 2 is 2.09 bits per heavy atom. The number of terminal acetylenes is 1. The smallest absolute Gasteiger partial charge is 0.247 e. The number of para-hydroxylation sites is 1. The van der Waals surface area contributed by atoms with Gasteiger partial charge in [0.2, 0.25) is 17.5 Å². The molecule has 0 spiro atoms. The Hall–Kier alpha value is -4.18. The maximum atomic E-state index is 13.4. The summed E-state index contributed by atoms with van der Waals surface area (Å²) in [6.07, 6.45) is 11.9. The highest BCUT2D eigenvalue weighted by Gasteiger charge is 2.38. The normalized spacial score (nSPS) is 18.0. The summed E-state index contributed by atoms with van der Waals surface area (Å²) in [5.41, 5.74) is 3.05. The first-order valence-electron chi connectivity index (χ1n) is 10.9. The second-order valence-corrected chi connectivity index (χ2v) is 8.35. The molecule has 1 aromatic heterocycles. The van der Waals surface area contributed by atoms with Crippen molar-refractivity contribution in [1.29, 1.82) is 0 Å². The maximum absolute atomic E-state index is 13.4. The van der Waals surface area contributed by atoms with Crippen LogP contribution in [0, 0.1) is 12.3 Å². The zero-order chi connectivity index (χ0) is 22.8. The fraction of sp³-hybridized carbons (Fsp3) is 0.231. The van der Waals surface area contributed by atoms with Gasteiger partial charge in [0.15, 0.2) is 0 Å². The fourth-order valence-electron chi connectivity index (χ4n) is 4.20. The summed E-state index contributed by atoms with van der Waals surface area (Å²) < 4.78 is 0. The lowest BCUT2D eigenvalue weighted by atomic mass is 9.97. The van der Waals surface area contributed by atoms with Crippen LogP contribution in [0.3, 0.4) is 0 Å². The number of hydrogen-bond acceptors (Lipinski definition) is 4. The molecule has 1 unspecified atom stereocenters. The number of nitrogens with zero attached hydrogens (tertiary/aromatic N) is 3. The number of aromatic nitrogens is 1. The Kier molecular flexibility index (Phi) is 5.27. The van der Waals surface area contributed by atoms with Gasteiger partial charge in [-0.15, -0.1) is 12.3 Å². The average Bonchev–Trinajstić information content (AvgIpc) is 3.45. The first kappa shape index (κ1) is 20.7. The van der Waals surface area contributed by atoms with Gasteiger partial charge in [0.05, 0.1) is 0 Å². The van der Waals surface area contributed by atoms with Crippen LogP contribution >= 0.6 is 0 Å². The first-order valence-corrected chi connectivity index (χ1v) is 10.9. The van der Waals surface area contributed by atoms with Crippen molar-refractivity contribution in [3.05, 3.63) is 78.0 Å². The molecule has 2 N–H and O–H groups in total. The van der Waals surface area contributed by atoms with E-state index in [1.54, 1.807) is 11.0 Å². The number of fused-ring (bicyclic) bond motifs is 2. The van der Waals surface area contributed by atoms with Gasteiger partial charge >= 0.3 is 0 Å². The highest BCUT2D eigenvalue weighted by Crippen LogP contribution is 2.34. The van der Waals surface area contributed by atoms with Crippen molar-refractivity contribution in [2.45, 2.75) is 37.5 Å². The van der Waals surface area contributed by atoms with Gasteiger partial charge in [-0.3, -0.25) is 9.59 Å². The second-order valence-electron chi connectivity index (χ2n) is 8.35. The molecule has 1 atom stereocenters. The van der Waals surface area contributed by atoms with Gasteiger partial charge in [0, 0.05) is 49.3 Å². The van der Waals surface area contributed by atoms with Crippen LogP contribution in [0.25, 0.3) is 10.9 Å². The first-order chi connectivity index (χ1) is 16.1. The standard InChI is InChI=1S/C26H23N5O2/c1-2-3-12-26(29-30-26)13-10-24(32)31(17-18-8-9-21-20(15-18)11-14-27-21)23-16-19-6-4-5-7-22(19)28-25(23)33/h1,4-11,13-15,23,27H,3,12,16-17H2,(H,28,33). The van der Waals surface area contributed by atoms with E-state index in [4.69, 9.17) is 6.42 Å². The maximum Gasteiger partial charge on any atom is 0.247 e. The Balaban J connectivity index is 1.43. The molecule has 7 heteroatoms. The van der Waals surface area contributed by atoms with Gasteiger partial charge in [-0.05, 0) is 46.9 Å². The van der Waals surface area contributed by atoms with E-state index in [1.165, 1.54) is 6.08 Å². The molecule has 5 rings (SSSR count). The molecule has 0 saturated carbocycles. The summed E-state index contributed by atoms with van der Waals surface area (Å²) in [6.45, 7) is 0.302. The van der Waals surface area contributed by atoms with E-state index >= 15 is 0 Å². The van der Waals surface area contributed by atoms with Crippen LogP contribution in [-0.2, 0) is 22.6 Å². The fourth-order valence-corrected chi connectivity index (χ4v) is 4.20. The third-order valence-corrected chi connectivity index (χ3v) is 6.11. The number of benzene rings is 2. The Labute approximate surface area is 191 Å². The molecule has 33 heavy (non-hydrogen) atoms. The van der Waals surface area contributed by atoms with Crippen LogP contribution < -0.4 is 5.32 Å². The summed E-state index contributed by atoms with van der Waals surface area (Å²) in [5, 5.41) is 12.1. The largest absolute Gasteiger partial charge is 0.361 e. The monoisotopic (exact) mass is 437 g/mol. The van der Waals surface area contributed by atoms with Gasteiger partial charge in [-0.2, -0.15) is 10.2 Å². The van der Waals surface area contributed by atoms with Crippen molar-refractivity contribution in [3.63, 3.8) is 0 Å². The summed E-state index contributed by atoms with van der Waals surface area (Å²) in [4.78, 5) is 31.2. The van der Waals surface area contributed by atoms with Crippen molar-refractivity contribution >= 4 is 28.4 Å². The minimum atomic E-state index is -0.709. The van der Waals surface area contributed by atoms with Crippen molar-refractivity contribution in [2.75, 3.05) is 5.32 Å². The lowest BCUT2D eigenvalue weighted by Gasteiger charge is -2.34. The molecule has 0 saturated heterocycles. The van der Waals surface area contributed by atoms with Crippen molar-refractivity contribution in [1.82, 2.24) is 9.88 Å². The lowest BCUT2D eigenvalue weighted by molar-refractivity contribution is -0.135. The molecule has 0 bridgehead atoms. The number of carbonyl (C=O) groups excluding carboxylic acids is 2. The number of aromatic amines is 1. The molecule has 2 aliphatic rings. The molecule has 0 aliphatic carbocycles. The van der Waals surface area contributed by atoms with Gasteiger partial charge < -0.3 is 15.2 Å². The van der Waals surface area contributed by atoms with Gasteiger partial charge in [0.1, 0.15) is 6.04 Å². The van der Waals surface area contributed by atoms with E-state index in [1.807, 2.05) is 54.7 Å². The molecule has 2 amide bonds. The summed E-state index contributed by atoms with van der Waals surface area (Å²) in [7, 11) is 0. The van der Waals surface area contributed by atoms with Crippen LogP contribution in [0.15, 0.2) is 77.1 Å². The zero-order valence-electron chi connectivity index (χ0n) is 18.0. The Morgan fingerprint density at radius 3 is 2.91 bits per heavy atom. The minimum absolute atomic E-state index is 0.194. The zero-order valence-corrected chi connectivity index (χ0v) is 18.0. The predicted octanol–water partition coefficient (Wildman–Crippen LogP) is 4.19. The van der Waals surface area contributed by atoms with E-state index in [0.29, 0.717) is 25.8 Å². The van der Waals surface area contributed by atoms with Crippen molar-refractivity contribution in [3.8, 4) is 12.3 Å². The number of anilines is 1. The third kappa shape index (κ3) is 4.28. The van der Waals surface area contributed by atoms with E-state index < -0.39 is 11.7 Å². The molecule has 2 aromatic carbocycles. The molecule has 0 radical (unpaired) electrons. The number of carbonyl (C=O) groups is 2. The lowest BCUT2D eigenvalue weighted by Crippen LogP contribution is -2.49. The molecular weight excluding hydrogens is 414 g/mol. The highest BCUT2D eigenvalue weighted by atomic mass is 16.2.